The van der Waals surface area contributed by atoms with Gasteiger partial charge in [0.15, 0.2) is 11.2 Å². The minimum Gasteiger partial charge on any atom is -0.351 e. The summed E-state index contributed by atoms with van der Waals surface area (Å²) in [4.78, 5) is 36.3. The molecule has 0 unspecified atom stereocenters. The molecular formula is C12H14N6O2S. The second-order valence-corrected chi connectivity index (χ2v) is 6.01. The molecule has 3 heterocycles. The van der Waals surface area contributed by atoms with Crippen LogP contribution in [0.5, 0.6) is 0 Å². The molecule has 0 aliphatic rings. The zero-order valence-electron chi connectivity index (χ0n) is 11.8. The summed E-state index contributed by atoms with van der Waals surface area (Å²) in [5.74, 6) is 0.453. The molecule has 0 radical (unpaired) electrons. The van der Waals surface area contributed by atoms with Gasteiger partial charge in [-0.3, -0.25) is 13.9 Å². The van der Waals surface area contributed by atoms with Crippen molar-refractivity contribution in [2.45, 2.75) is 13.5 Å². The topological polar surface area (TPSA) is 97.6 Å². The van der Waals surface area contributed by atoms with E-state index < -0.39 is 5.69 Å². The average Bonchev–Trinajstić information content (AvgIpc) is 3.07. The number of fused-ring (bicyclic) bond motifs is 1. The summed E-state index contributed by atoms with van der Waals surface area (Å²) in [6.07, 6.45) is 1.80. The number of aromatic nitrogens is 5. The number of rotatable bonds is 3. The molecular weight excluding hydrogens is 292 g/mol. The first kappa shape index (κ1) is 13.6. The number of H-pyrrole nitrogens is 1. The second kappa shape index (κ2) is 4.85. The molecule has 0 aromatic carbocycles. The minimum atomic E-state index is -0.399. The first-order valence-electron chi connectivity index (χ1n) is 6.28. The minimum absolute atomic E-state index is 0.308. The molecule has 2 N–H and O–H groups in total. The first-order valence-corrected chi connectivity index (χ1v) is 7.10. The zero-order chi connectivity index (χ0) is 15.1. The van der Waals surface area contributed by atoms with E-state index in [9.17, 15) is 9.59 Å². The quantitative estimate of drug-likeness (QED) is 0.727. The summed E-state index contributed by atoms with van der Waals surface area (Å²) in [5.41, 5.74) is -0.139. The second-order valence-electron chi connectivity index (χ2n) is 4.69. The van der Waals surface area contributed by atoms with Crippen LogP contribution in [0.4, 0.5) is 5.95 Å². The average molecular weight is 306 g/mol. The highest BCUT2D eigenvalue weighted by Gasteiger charge is 2.13. The predicted octanol–water partition coefficient (Wildman–Crippen LogP) is 0.337. The van der Waals surface area contributed by atoms with Crippen LogP contribution in [0.2, 0.25) is 0 Å². The molecule has 110 valence electrons. The summed E-state index contributed by atoms with van der Waals surface area (Å²) in [5, 5.41) is 4.09. The Hall–Kier alpha value is -2.42. The normalized spacial score (nSPS) is 11.2. The lowest BCUT2D eigenvalue weighted by molar-refractivity contribution is 0.709. The van der Waals surface area contributed by atoms with Gasteiger partial charge in [0.25, 0.3) is 5.56 Å². The van der Waals surface area contributed by atoms with Crippen molar-refractivity contribution in [2.24, 2.45) is 14.1 Å². The molecule has 0 aliphatic carbocycles. The maximum absolute atomic E-state index is 12.0. The van der Waals surface area contributed by atoms with E-state index in [4.69, 9.17) is 0 Å². The Morgan fingerprint density at radius 2 is 2.10 bits per heavy atom. The van der Waals surface area contributed by atoms with Crippen LogP contribution in [-0.4, -0.2) is 24.1 Å². The molecule has 0 saturated heterocycles. The highest BCUT2D eigenvalue weighted by Crippen LogP contribution is 2.14. The third-order valence-electron chi connectivity index (χ3n) is 3.19. The molecule has 0 atom stereocenters. The number of imidazole rings is 1. The van der Waals surface area contributed by atoms with Gasteiger partial charge in [-0.2, -0.15) is 4.98 Å². The predicted molar refractivity (Wildman–Crippen MR) is 80.8 cm³/mol. The van der Waals surface area contributed by atoms with Gasteiger partial charge in [-0.05, 0) is 6.92 Å². The Morgan fingerprint density at radius 3 is 2.76 bits per heavy atom. The number of thiazole rings is 1. The van der Waals surface area contributed by atoms with E-state index in [0.29, 0.717) is 23.7 Å². The van der Waals surface area contributed by atoms with Crippen LogP contribution in [0.15, 0.2) is 15.8 Å². The van der Waals surface area contributed by atoms with Crippen LogP contribution >= 0.6 is 11.3 Å². The standard InChI is InChI=1S/C12H14N6O2S/c1-6-13-4-7(21-6)5-14-11-15-8-9(16-11)17(2)12(20)18(3)10(8)19/h4H,5H2,1-3H3,(H2,14,15,16). The maximum Gasteiger partial charge on any atom is 0.332 e. The lowest BCUT2D eigenvalue weighted by Crippen LogP contribution is -2.36. The monoisotopic (exact) mass is 306 g/mol. The Labute approximate surface area is 123 Å². The molecule has 21 heavy (non-hydrogen) atoms. The number of nitrogens with one attached hydrogen (secondary N) is 2. The molecule has 0 spiro atoms. The summed E-state index contributed by atoms with van der Waals surface area (Å²) in [7, 11) is 3.03. The van der Waals surface area contributed by atoms with Crippen LogP contribution in [0.25, 0.3) is 11.2 Å². The van der Waals surface area contributed by atoms with Gasteiger partial charge in [-0.25, -0.2) is 9.78 Å². The van der Waals surface area contributed by atoms with E-state index >= 15 is 0 Å². The number of nitrogens with zero attached hydrogens (tertiary/aromatic N) is 4. The van der Waals surface area contributed by atoms with E-state index in [1.54, 1.807) is 24.6 Å². The van der Waals surface area contributed by atoms with Crippen molar-refractivity contribution in [3.63, 3.8) is 0 Å². The Kier molecular flexibility index (Phi) is 3.13. The Bertz CT molecular complexity index is 932. The van der Waals surface area contributed by atoms with Gasteiger partial charge >= 0.3 is 5.69 Å². The summed E-state index contributed by atoms with van der Waals surface area (Å²) < 4.78 is 2.39. The SMILES string of the molecule is Cc1ncc(CNc2nc3c([nH]2)c(=O)n(C)c(=O)n3C)s1. The largest absolute Gasteiger partial charge is 0.351 e. The molecule has 3 rings (SSSR count). The number of hydrogen-bond acceptors (Lipinski definition) is 6. The zero-order valence-corrected chi connectivity index (χ0v) is 12.6. The lowest BCUT2D eigenvalue weighted by Gasteiger charge is -2.00. The fourth-order valence-corrected chi connectivity index (χ4v) is 2.80. The number of hydrogen-bond donors (Lipinski definition) is 2. The van der Waals surface area contributed by atoms with E-state index in [1.165, 1.54) is 11.6 Å². The van der Waals surface area contributed by atoms with E-state index in [0.717, 1.165) is 14.5 Å². The lowest BCUT2D eigenvalue weighted by atomic mass is 10.5. The number of anilines is 1. The molecule has 9 heteroatoms. The Balaban J connectivity index is 1.98. The van der Waals surface area contributed by atoms with Gasteiger partial charge in [0, 0.05) is 25.2 Å². The third kappa shape index (κ3) is 2.25. The summed E-state index contributed by atoms with van der Waals surface area (Å²) in [6, 6.07) is 0. The van der Waals surface area contributed by atoms with Crippen LogP contribution < -0.4 is 16.6 Å². The van der Waals surface area contributed by atoms with Gasteiger partial charge in [0.2, 0.25) is 5.95 Å². The summed E-state index contributed by atoms with van der Waals surface area (Å²) >= 11 is 1.59. The fraction of sp³-hybridized carbons (Fsp3) is 0.333. The fourth-order valence-electron chi connectivity index (χ4n) is 2.07. The van der Waals surface area contributed by atoms with Crippen LogP contribution in [0, 0.1) is 6.92 Å². The first-order chi connectivity index (χ1) is 9.97. The highest BCUT2D eigenvalue weighted by atomic mass is 32.1. The van der Waals surface area contributed by atoms with Crippen LogP contribution in [0.1, 0.15) is 9.88 Å². The summed E-state index contributed by atoms with van der Waals surface area (Å²) in [6.45, 7) is 2.49. The third-order valence-corrected chi connectivity index (χ3v) is 4.11. The van der Waals surface area contributed by atoms with Gasteiger partial charge in [-0.1, -0.05) is 0 Å². The van der Waals surface area contributed by atoms with Crippen LogP contribution in [-0.2, 0) is 20.6 Å². The Morgan fingerprint density at radius 1 is 1.33 bits per heavy atom. The van der Waals surface area contributed by atoms with Crippen molar-refractivity contribution in [1.29, 1.82) is 0 Å². The molecule has 8 nitrogen and oxygen atoms in total. The molecule has 3 aromatic heterocycles. The number of aromatic amines is 1. The molecule has 0 fully saturated rings. The van der Waals surface area contributed by atoms with E-state index in [2.05, 4.69) is 20.3 Å². The van der Waals surface area contributed by atoms with E-state index in [-0.39, 0.29) is 5.56 Å². The maximum atomic E-state index is 12.0. The van der Waals surface area contributed by atoms with Gasteiger partial charge in [0.05, 0.1) is 11.6 Å². The molecule has 0 aliphatic heterocycles. The van der Waals surface area contributed by atoms with Gasteiger partial charge < -0.3 is 10.3 Å². The molecule has 0 bridgehead atoms. The van der Waals surface area contributed by atoms with Gasteiger partial charge in [-0.15, -0.1) is 11.3 Å². The van der Waals surface area contributed by atoms with Gasteiger partial charge in [0.1, 0.15) is 0 Å². The van der Waals surface area contributed by atoms with Crippen molar-refractivity contribution in [3.05, 3.63) is 36.9 Å². The molecule has 0 saturated carbocycles. The van der Waals surface area contributed by atoms with Crippen molar-refractivity contribution in [3.8, 4) is 0 Å². The van der Waals surface area contributed by atoms with Crippen LogP contribution in [0.3, 0.4) is 0 Å². The van der Waals surface area contributed by atoms with Crippen molar-refractivity contribution in [2.75, 3.05) is 5.32 Å². The van der Waals surface area contributed by atoms with Crippen molar-refractivity contribution >= 4 is 28.4 Å². The molecule has 0 amide bonds. The highest BCUT2D eigenvalue weighted by molar-refractivity contribution is 7.11. The molecule has 3 aromatic rings. The van der Waals surface area contributed by atoms with E-state index in [1.807, 2.05) is 6.92 Å². The van der Waals surface area contributed by atoms with Crippen molar-refractivity contribution < 1.29 is 0 Å². The smallest absolute Gasteiger partial charge is 0.332 e. The number of aryl methyl sites for hydroxylation is 2. The van der Waals surface area contributed by atoms with Crippen molar-refractivity contribution in [1.82, 2.24) is 24.1 Å².